The summed E-state index contributed by atoms with van der Waals surface area (Å²) in [7, 11) is 0. The summed E-state index contributed by atoms with van der Waals surface area (Å²) in [5.41, 5.74) is 2.16. The van der Waals surface area contributed by atoms with E-state index in [1.165, 1.54) is 5.56 Å². The summed E-state index contributed by atoms with van der Waals surface area (Å²) in [6, 6.07) is 8.53. The second-order valence-electron chi connectivity index (χ2n) is 6.81. The maximum atomic E-state index is 11.8. The summed E-state index contributed by atoms with van der Waals surface area (Å²) >= 11 is 0. The molecule has 2 aromatic rings. The molecule has 25 heavy (non-hydrogen) atoms. The largest absolute Gasteiger partial charge is 0.338 e. The van der Waals surface area contributed by atoms with Crippen LogP contribution in [0, 0.1) is 6.92 Å². The Bertz CT molecular complexity index is 751. The molecule has 7 nitrogen and oxygen atoms in total. The number of piperidine rings is 1. The molecule has 1 aromatic carbocycles. The number of nitrogens with zero attached hydrogens (tertiary/aromatic N) is 4. The Kier molecular flexibility index (Phi) is 4.40. The van der Waals surface area contributed by atoms with Crippen LogP contribution in [0.25, 0.3) is 11.4 Å². The van der Waals surface area contributed by atoms with Gasteiger partial charge in [-0.1, -0.05) is 28.9 Å². The number of aryl methyl sites for hydroxylation is 1. The number of rotatable bonds is 4. The molecule has 2 aliphatic rings. The lowest BCUT2D eigenvalue weighted by atomic mass is 10.0. The van der Waals surface area contributed by atoms with Crippen molar-refractivity contribution >= 4 is 6.03 Å². The van der Waals surface area contributed by atoms with E-state index >= 15 is 0 Å². The molecular formula is C18H23N5O2. The Morgan fingerprint density at radius 2 is 2.12 bits per heavy atom. The molecule has 2 saturated heterocycles. The number of aromatic nitrogens is 2. The second-order valence-corrected chi connectivity index (χ2v) is 6.81. The van der Waals surface area contributed by atoms with Gasteiger partial charge in [0.15, 0.2) is 0 Å². The minimum absolute atomic E-state index is 0.0816. The monoisotopic (exact) mass is 341 g/mol. The number of carbonyl (C=O) groups is 1. The Hall–Kier alpha value is -2.41. The molecule has 4 rings (SSSR count). The zero-order valence-corrected chi connectivity index (χ0v) is 14.4. The fourth-order valence-electron chi connectivity index (χ4n) is 3.64. The smallest absolute Gasteiger partial charge is 0.317 e. The van der Waals surface area contributed by atoms with Gasteiger partial charge in [-0.2, -0.15) is 4.98 Å². The van der Waals surface area contributed by atoms with Crippen LogP contribution >= 0.6 is 0 Å². The lowest BCUT2D eigenvalue weighted by molar-refractivity contribution is 0.123. The number of benzene rings is 1. The highest BCUT2D eigenvalue weighted by Gasteiger charge is 2.31. The second kappa shape index (κ2) is 6.84. The van der Waals surface area contributed by atoms with Gasteiger partial charge in [-0.05, 0) is 25.8 Å². The first-order valence-corrected chi connectivity index (χ1v) is 8.85. The van der Waals surface area contributed by atoms with Crippen LogP contribution in [0.15, 0.2) is 28.8 Å². The molecule has 0 radical (unpaired) electrons. The van der Waals surface area contributed by atoms with Gasteiger partial charge in [-0.15, -0.1) is 0 Å². The predicted octanol–water partition coefficient (Wildman–Crippen LogP) is 2.03. The van der Waals surface area contributed by atoms with Crippen molar-refractivity contribution in [1.29, 1.82) is 0 Å². The summed E-state index contributed by atoms with van der Waals surface area (Å²) in [6.07, 6.45) is 1.98. The number of likely N-dealkylation sites (tertiary alicyclic amines) is 1. The minimum Gasteiger partial charge on any atom is -0.338 e. The Balaban J connectivity index is 1.34. The van der Waals surface area contributed by atoms with Crippen LogP contribution in [0.2, 0.25) is 0 Å². The first kappa shape index (κ1) is 16.1. The van der Waals surface area contributed by atoms with Gasteiger partial charge in [0.25, 0.3) is 0 Å². The predicted molar refractivity (Wildman–Crippen MR) is 92.9 cm³/mol. The van der Waals surface area contributed by atoms with Crippen molar-refractivity contribution in [2.75, 3.05) is 26.2 Å². The van der Waals surface area contributed by atoms with Crippen molar-refractivity contribution < 1.29 is 9.32 Å². The normalized spacial score (nSPS) is 19.4. The van der Waals surface area contributed by atoms with Gasteiger partial charge < -0.3 is 14.7 Å². The van der Waals surface area contributed by atoms with E-state index in [1.54, 1.807) is 0 Å². The summed E-state index contributed by atoms with van der Waals surface area (Å²) in [5, 5.41) is 6.99. The van der Waals surface area contributed by atoms with Crippen molar-refractivity contribution in [3.05, 3.63) is 35.7 Å². The molecule has 0 saturated carbocycles. The molecule has 1 aromatic heterocycles. The zero-order chi connectivity index (χ0) is 17.2. The average molecular weight is 341 g/mol. The van der Waals surface area contributed by atoms with E-state index in [-0.39, 0.29) is 6.03 Å². The van der Waals surface area contributed by atoms with E-state index in [0.29, 0.717) is 24.3 Å². The highest BCUT2D eigenvalue weighted by Crippen LogP contribution is 2.21. The molecule has 132 valence electrons. The maximum Gasteiger partial charge on any atom is 0.317 e. The Labute approximate surface area is 147 Å². The topological polar surface area (TPSA) is 74.5 Å². The van der Waals surface area contributed by atoms with Crippen LogP contribution in [0.4, 0.5) is 4.79 Å². The van der Waals surface area contributed by atoms with Crippen molar-refractivity contribution in [2.45, 2.75) is 32.4 Å². The number of amides is 2. The zero-order valence-electron chi connectivity index (χ0n) is 14.4. The van der Waals surface area contributed by atoms with Crippen molar-refractivity contribution in [2.24, 2.45) is 0 Å². The minimum atomic E-state index is 0.0816. The fraction of sp³-hybridized carbons (Fsp3) is 0.500. The van der Waals surface area contributed by atoms with Crippen LogP contribution in [0.3, 0.4) is 0 Å². The highest BCUT2D eigenvalue weighted by atomic mass is 16.5. The molecule has 2 aliphatic heterocycles. The molecule has 0 atom stereocenters. The molecule has 0 unspecified atom stereocenters. The summed E-state index contributed by atoms with van der Waals surface area (Å²) in [5.74, 6) is 1.29. The Morgan fingerprint density at radius 3 is 2.84 bits per heavy atom. The van der Waals surface area contributed by atoms with Crippen LogP contribution in [-0.2, 0) is 6.54 Å². The molecule has 0 spiro atoms. The lowest BCUT2D eigenvalue weighted by Gasteiger charge is -2.35. The molecular weight excluding hydrogens is 318 g/mol. The van der Waals surface area contributed by atoms with E-state index < -0.39 is 0 Å². The molecule has 3 heterocycles. The van der Waals surface area contributed by atoms with Crippen molar-refractivity contribution in [3.8, 4) is 11.4 Å². The van der Waals surface area contributed by atoms with Crippen LogP contribution in [0.1, 0.15) is 24.3 Å². The average Bonchev–Trinajstić information content (AvgIpc) is 3.25. The molecule has 1 N–H and O–H groups in total. The number of hydrogen-bond acceptors (Lipinski definition) is 5. The third-order valence-electron chi connectivity index (χ3n) is 4.99. The van der Waals surface area contributed by atoms with Crippen molar-refractivity contribution in [3.63, 3.8) is 0 Å². The standard InChI is InChI=1S/C18H23N5O2/c1-13-3-2-4-14(11-13)17-20-16(25-21-17)12-22-8-5-15(6-9-22)23-10-7-19-18(23)24/h2-4,11,15H,5-10,12H2,1H3,(H,19,24). The number of hydrogen-bond donors (Lipinski definition) is 1. The first-order chi connectivity index (χ1) is 12.2. The fourth-order valence-corrected chi connectivity index (χ4v) is 3.64. The molecule has 0 aliphatic carbocycles. The first-order valence-electron chi connectivity index (χ1n) is 8.85. The summed E-state index contributed by atoms with van der Waals surface area (Å²) < 4.78 is 5.43. The third kappa shape index (κ3) is 3.51. The van der Waals surface area contributed by atoms with Crippen LogP contribution in [-0.4, -0.2) is 58.2 Å². The molecule has 7 heteroatoms. The summed E-state index contributed by atoms with van der Waals surface area (Å²) in [4.78, 5) is 20.6. The van der Waals surface area contributed by atoms with E-state index in [1.807, 2.05) is 17.0 Å². The quantitative estimate of drug-likeness (QED) is 0.921. The van der Waals surface area contributed by atoms with Crippen molar-refractivity contribution in [1.82, 2.24) is 25.3 Å². The SMILES string of the molecule is Cc1cccc(-c2noc(CN3CCC(N4CCNC4=O)CC3)n2)c1. The Morgan fingerprint density at radius 1 is 1.28 bits per heavy atom. The van der Waals surface area contributed by atoms with E-state index in [0.717, 1.165) is 44.6 Å². The van der Waals surface area contributed by atoms with Gasteiger partial charge >= 0.3 is 6.03 Å². The molecule has 2 fully saturated rings. The molecule has 0 bridgehead atoms. The van der Waals surface area contributed by atoms with Gasteiger partial charge in [0.1, 0.15) is 0 Å². The highest BCUT2D eigenvalue weighted by molar-refractivity contribution is 5.76. The summed E-state index contributed by atoms with van der Waals surface area (Å²) in [6.45, 7) is 6.19. The number of nitrogens with one attached hydrogen (secondary N) is 1. The number of carbonyl (C=O) groups excluding carboxylic acids is 1. The van der Waals surface area contributed by atoms with Gasteiger partial charge in [-0.3, -0.25) is 4.90 Å². The van der Waals surface area contributed by atoms with E-state index in [4.69, 9.17) is 4.52 Å². The van der Waals surface area contributed by atoms with E-state index in [9.17, 15) is 4.79 Å². The number of urea groups is 1. The lowest BCUT2D eigenvalue weighted by Crippen LogP contribution is -2.45. The van der Waals surface area contributed by atoms with Gasteiger partial charge in [-0.25, -0.2) is 4.79 Å². The van der Waals surface area contributed by atoms with Gasteiger partial charge in [0.05, 0.1) is 6.54 Å². The molecule has 2 amide bonds. The third-order valence-corrected chi connectivity index (χ3v) is 4.99. The maximum absolute atomic E-state index is 11.8. The van der Waals surface area contributed by atoms with E-state index in [2.05, 4.69) is 39.4 Å². The van der Waals surface area contributed by atoms with Gasteiger partial charge in [0, 0.05) is 37.8 Å². The van der Waals surface area contributed by atoms with Crippen LogP contribution in [0.5, 0.6) is 0 Å². The van der Waals surface area contributed by atoms with Crippen LogP contribution < -0.4 is 5.32 Å². The van der Waals surface area contributed by atoms with Gasteiger partial charge in [0.2, 0.25) is 11.7 Å².